The molecule has 18 heavy (non-hydrogen) atoms. The van der Waals surface area contributed by atoms with Crippen LogP contribution in [-0.4, -0.2) is 40.7 Å². The molecule has 1 atom stereocenters. The van der Waals surface area contributed by atoms with Crippen LogP contribution < -0.4 is 0 Å². The van der Waals surface area contributed by atoms with Crippen LogP contribution in [0.15, 0.2) is 0 Å². The molecule has 3 nitrogen and oxygen atoms in total. The summed E-state index contributed by atoms with van der Waals surface area (Å²) in [5, 5.41) is 9.12. The van der Waals surface area contributed by atoms with Gasteiger partial charge in [0.15, 0.2) is 6.54 Å². The lowest BCUT2D eigenvalue weighted by atomic mass is 9.89. The number of nitrogens with zero attached hydrogens (tertiary/aromatic N) is 1. The van der Waals surface area contributed by atoms with E-state index in [0.717, 1.165) is 13.1 Å². The molecule has 0 aliphatic carbocycles. The van der Waals surface area contributed by atoms with E-state index in [0.29, 0.717) is 4.48 Å². The third-order valence-electron chi connectivity index (χ3n) is 3.24. The van der Waals surface area contributed by atoms with E-state index in [4.69, 9.17) is 5.11 Å². The summed E-state index contributed by atoms with van der Waals surface area (Å²) in [6, 6.07) is 0. The number of hydrogen-bond donors (Lipinski definition) is 1. The third-order valence-corrected chi connectivity index (χ3v) is 3.24. The van der Waals surface area contributed by atoms with Gasteiger partial charge in [-0.15, -0.1) is 0 Å². The maximum atomic E-state index is 11.1. The van der Waals surface area contributed by atoms with E-state index in [-0.39, 0.29) is 17.5 Å². The number of aliphatic carboxylic acids is 1. The summed E-state index contributed by atoms with van der Waals surface area (Å²) in [4.78, 5) is 11.1. The molecule has 0 aromatic rings. The van der Waals surface area contributed by atoms with Crippen LogP contribution in [0.5, 0.6) is 0 Å². The van der Waals surface area contributed by atoms with Crippen LogP contribution in [0.25, 0.3) is 0 Å². The Labute approximate surface area is 114 Å². The average molecular weight is 260 g/mol. The highest BCUT2D eigenvalue weighted by atomic mass is 16.4. The van der Waals surface area contributed by atoms with Gasteiger partial charge in [-0.25, -0.2) is 4.79 Å². The van der Waals surface area contributed by atoms with E-state index >= 15 is 0 Å². The van der Waals surface area contributed by atoms with Crippen molar-refractivity contribution in [2.75, 3.05) is 19.6 Å². The first kappa shape index (κ1) is 19.8. The van der Waals surface area contributed by atoms with E-state index in [2.05, 4.69) is 48.5 Å². The molecule has 0 heterocycles. The van der Waals surface area contributed by atoms with Crippen molar-refractivity contribution in [2.45, 2.75) is 67.9 Å². The molecule has 0 saturated carbocycles. The molecular weight excluding hydrogens is 226 g/mol. The first-order valence-electron chi connectivity index (χ1n) is 7.01. The normalized spacial score (nSPS) is 15.4. The van der Waals surface area contributed by atoms with Crippen molar-refractivity contribution in [2.24, 2.45) is 5.41 Å². The quantitative estimate of drug-likeness (QED) is 0.781. The maximum Gasteiger partial charge on any atom is 0.359 e. The summed E-state index contributed by atoms with van der Waals surface area (Å²) in [5.41, 5.74) is 0.0964. The van der Waals surface area contributed by atoms with Gasteiger partial charge in [0.05, 0.1) is 18.6 Å². The van der Waals surface area contributed by atoms with Crippen molar-refractivity contribution >= 4 is 5.97 Å². The zero-order valence-electron chi connectivity index (χ0n) is 13.9. The molecule has 1 N–H and O–H groups in total. The number of carboxylic acids is 1. The number of carboxylic acid groups (broad SMARTS) is 1. The predicted molar refractivity (Wildman–Crippen MR) is 78.7 cm³/mol. The van der Waals surface area contributed by atoms with Gasteiger partial charge in [0.1, 0.15) is 0 Å². The highest BCUT2D eigenvalue weighted by molar-refractivity contribution is 5.68. The Morgan fingerprint density at radius 1 is 1.06 bits per heavy atom. The van der Waals surface area contributed by atoms with Crippen LogP contribution in [0.2, 0.25) is 0 Å². The molecule has 0 aromatic heterocycles. The minimum atomic E-state index is -0.707. The van der Waals surface area contributed by atoms with E-state index in [9.17, 15) is 4.79 Å². The van der Waals surface area contributed by atoms with Crippen molar-refractivity contribution in [1.82, 2.24) is 0 Å². The summed E-state index contributed by atoms with van der Waals surface area (Å²) < 4.78 is 0.631. The Morgan fingerprint density at radius 3 is 1.61 bits per heavy atom. The second kappa shape index (κ2) is 7.13. The van der Waals surface area contributed by atoms with Gasteiger partial charge in [-0.05, 0) is 27.7 Å². The van der Waals surface area contributed by atoms with E-state index < -0.39 is 5.97 Å². The Kier molecular flexibility index (Phi) is 7.82. The number of likely N-dealkylation sites (N-methyl/N-ethyl adjacent to an activating group) is 1. The lowest BCUT2D eigenvalue weighted by Crippen LogP contribution is -2.64. The van der Waals surface area contributed by atoms with Crippen LogP contribution >= 0.6 is 0 Å². The van der Waals surface area contributed by atoms with Crippen molar-refractivity contribution in [3.63, 3.8) is 0 Å². The Morgan fingerprint density at radius 2 is 1.44 bits per heavy atom. The smallest absolute Gasteiger partial charge is 0.359 e. The number of quaternary nitrogens is 1. The van der Waals surface area contributed by atoms with Crippen LogP contribution in [0.1, 0.15) is 62.3 Å². The van der Waals surface area contributed by atoms with Gasteiger partial charge in [0.25, 0.3) is 0 Å². The minimum Gasteiger partial charge on any atom is -0.477 e. The van der Waals surface area contributed by atoms with Gasteiger partial charge in [-0.3, -0.25) is 0 Å². The van der Waals surface area contributed by atoms with Gasteiger partial charge >= 0.3 is 5.97 Å². The lowest BCUT2D eigenvalue weighted by Gasteiger charge is -2.50. The molecule has 0 spiro atoms. The fourth-order valence-electron chi connectivity index (χ4n) is 2.40. The second-order valence-corrected chi connectivity index (χ2v) is 6.90. The molecule has 1 unspecified atom stereocenters. The Hall–Kier alpha value is -0.570. The second-order valence-electron chi connectivity index (χ2n) is 6.90. The average Bonchev–Trinajstić information content (AvgIpc) is 2.15. The zero-order valence-corrected chi connectivity index (χ0v) is 13.9. The minimum absolute atomic E-state index is 0.0413. The molecule has 0 rings (SSSR count). The number of carbonyl (C=O) groups is 1. The van der Waals surface area contributed by atoms with Crippen LogP contribution in [0, 0.1) is 5.41 Å². The highest BCUT2D eigenvalue weighted by Gasteiger charge is 2.43. The molecule has 3 heteroatoms. The predicted octanol–water partition coefficient (Wildman–Crippen LogP) is 3.78. The summed E-state index contributed by atoms with van der Waals surface area (Å²) in [6.45, 7) is 20.9. The number of hydrogen-bond acceptors (Lipinski definition) is 1. The molecule has 0 saturated heterocycles. The Bertz CT molecular complexity index is 248. The van der Waals surface area contributed by atoms with Gasteiger partial charge in [0, 0.05) is 5.41 Å². The standard InChI is InChI=1S/C13H27NO2.C2H6/c1-8-14(9-11(15)16,13(5,6)7)10-12(2,3)4;1-2/h8-10H2,1-7H3;1-2H3/p+1. The summed E-state index contributed by atoms with van der Waals surface area (Å²) in [6.07, 6.45) is 0. The first-order valence-corrected chi connectivity index (χ1v) is 7.01. The first-order chi connectivity index (χ1) is 7.93. The van der Waals surface area contributed by atoms with Gasteiger partial charge in [-0.2, -0.15) is 0 Å². The van der Waals surface area contributed by atoms with Crippen LogP contribution in [-0.2, 0) is 4.79 Å². The van der Waals surface area contributed by atoms with Crippen molar-refractivity contribution in [3.05, 3.63) is 0 Å². The van der Waals surface area contributed by atoms with Crippen molar-refractivity contribution in [3.8, 4) is 0 Å². The van der Waals surface area contributed by atoms with Crippen LogP contribution in [0.3, 0.4) is 0 Å². The van der Waals surface area contributed by atoms with Gasteiger partial charge in [0.2, 0.25) is 0 Å². The van der Waals surface area contributed by atoms with E-state index in [1.54, 1.807) is 0 Å². The van der Waals surface area contributed by atoms with E-state index in [1.807, 2.05) is 13.8 Å². The lowest BCUT2D eigenvalue weighted by molar-refractivity contribution is -0.967. The molecule has 0 amide bonds. The molecule has 0 bridgehead atoms. The third kappa shape index (κ3) is 6.39. The zero-order chi connectivity index (χ0) is 15.2. The highest BCUT2D eigenvalue weighted by Crippen LogP contribution is 2.30. The number of rotatable bonds is 4. The SMILES string of the molecule is CC.CC[N+](CC(=O)O)(CC(C)(C)C)C(C)(C)C. The van der Waals surface area contributed by atoms with E-state index in [1.165, 1.54) is 0 Å². The molecule has 0 aliphatic rings. The molecule has 0 fully saturated rings. The summed E-state index contributed by atoms with van der Waals surface area (Å²) in [7, 11) is 0. The summed E-state index contributed by atoms with van der Waals surface area (Å²) in [5.74, 6) is -0.707. The molecule has 0 aliphatic heterocycles. The van der Waals surface area contributed by atoms with Gasteiger partial charge < -0.3 is 9.59 Å². The molecule has 0 radical (unpaired) electrons. The maximum absolute atomic E-state index is 11.1. The van der Waals surface area contributed by atoms with Crippen molar-refractivity contribution in [1.29, 1.82) is 0 Å². The fraction of sp³-hybridized carbons (Fsp3) is 0.933. The monoisotopic (exact) mass is 260 g/mol. The Balaban J connectivity index is 0. The largest absolute Gasteiger partial charge is 0.477 e. The molecule has 110 valence electrons. The fourth-order valence-corrected chi connectivity index (χ4v) is 2.40. The molecular formula is C15H34NO2+. The van der Waals surface area contributed by atoms with Crippen molar-refractivity contribution < 1.29 is 14.4 Å². The topological polar surface area (TPSA) is 37.3 Å². The van der Waals surface area contributed by atoms with Crippen LogP contribution in [0.4, 0.5) is 0 Å². The molecule has 0 aromatic carbocycles. The summed E-state index contributed by atoms with van der Waals surface area (Å²) >= 11 is 0. The van der Waals surface area contributed by atoms with Gasteiger partial charge in [-0.1, -0.05) is 34.6 Å².